The molecule has 0 heterocycles. The lowest BCUT2D eigenvalue weighted by Gasteiger charge is -2.12. The van der Waals surface area contributed by atoms with Crippen molar-refractivity contribution in [2.45, 2.75) is 0 Å². The number of para-hydroxylation sites is 1. The molecule has 140 valence electrons. The molecule has 9 nitrogen and oxygen atoms in total. The minimum atomic E-state index is -3.57. The fourth-order valence-corrected chi connectivity index (χ4v) is 3.21. The number of amides is 1. The van der Waals surface area contributed by atoms with Crippen LogP contribution in [0, 0.1) is 0 Å². The highest BCUT2D eigenvalue weighted by Gasteiger charge is 2.15. The van der Waals surface area contributed by atoms with Gasteiger partial charge in [-0.3, -0.25) is 14.2 Å². The minimum absolute atomic E-state index is 0.0374. The Morgan fingerprint density at radius 3 is 2.04 bits per heavy atom. The Kier molecular flexibility index (Phi) is 5.42. The summed E-state index contributed by atoms with van der Waals surface area (Å²) in [5.74, 6) is -0.990. The summed E-state index contributed by atoms with van der Waals surface area (Å²) in [5.41, 5.74) is 0.341. The monoisotopic (exact) mass is 399 g/mol. The number of nitrogens with one attached hydrogen (secondary N) is 3. The molecule has 0 saturated carbocycles. The molecule has 11 heteroatoms. The Balaban J connectivity index is 2.25. The van der Waals surface area contributed by atoms with Gasteiger partial charge in [0.15, 0.2) is 0 Å². The molecule has 0 unspecified atom stereocenters. The van der Waals surface area contributed by atoms with Crippen LogP contribution in [0.25, 0.3) is 0 Å². The van der Waals surface area contributed by atoms with Crippen LogP contribution in [0.4, 0.5) is 17.1 Å². The molecular weight excluding hydrogens is 382 g/mol. The molecule has 0 saturated heterocycles. The summed E-state index contributed by atoms with van der Waals surface area (Å²) in [6.45, 7) is 0. The van der Waals surface area contributed by atoms with E-state index in [0.29, 0.717) is 0 Å². The molecule has 0 aliphatic rings. The van der Waals surface area contributed by atoms with Crippen LogP contribution in [0.3, 0.4) is 0 Å². The lowest BCUT2D eigenvalue weighted by Crippen LogP contribution is -2.17. The molecule has 0 aliphatic carbocycles. The Morgan fingerprint density at radius 2 is 1.46 bits per heavy atom. The van der Waals surface area contributed by atoms with E-state index >= 15 is 0 Å². The number of carbonyl (C=O) groups excluding carboxylic acids is 1. The second kappa shape index (κ2) is 7.22. The Hall–Kier alpha value is -2.79. The van der Waals surface area contributed by atoms with Crippen LogP contribution in [0.2, 0.25) is 0 Å². The maximum Gasteiger partial charge on any atom is 0.257 e. The molecule has 2 aromatic rings. The number of rotatable bonds is 6. The summed E-state index contributed by atoms with van der Waals surface area (Å²) in [7, 11) is -7.13. The Bertz CT molecular complexity index is 1050. The SMILES string of the molecule is CS(=O)(=O)Nc1ccc(NC(=O)c2ccccc2NS(C)(=O)=O)cc1O. The third kappa shape index (κ3) is 5.63. The van der Waals surface area contributed by atoms with Gasteiger partial charge in [-0.2, -0.15) is 0 Å². The third-order valence-electron chi connectivity index (χ3n) is 3.02. The first-order valence-electron chi connectivity index (χ1n) is 7.13. The number of hydrogen-bond donors (Lipinski definition) is 4. The molecule has 0 spiro atoms. The lowest BCUT2D eigenvalue weighted by molar-refractivity contribution is 0.102. The molecule has 2 aromatic carbocycles. The molecule has 0 atom stereocenters. The standard InChI is InChI=1S/C15H17N3O6S2/c1-25(21,22)17-12-6-4-3-5-11(12)15(20)16-10-7-8-13(14(19)9-10)18-26(2,23)24/h3-9,17-19H,1-2H3,(H,16,20). The minimum Gasteiger partial charge on any atom is -0.506 e. The molecule has 0 bridgehead atoms. The first-order valence-corrected chi connectivity index (χ1v) is 10.9. The van der Waals surface area contributed by atoms with Crippen molar-refractivity contribution in [2.75, 3.05) is 27.3 Å². The number of aromatic hydroxyl groups is 1. The molecular formula is C15H17N3O6S2. The third-order valence-corrected chi connectivity index (χ3v) is 4.20. The van der Waals surface area contributed by atoms with Gasteiger partial charge in [-0.15, -0.1) is 0 Å². The van der Waals surface area contributed by atoms with Crippen molar-refractivity contribution in [1.82, 2.24) is 0 Å². The molecule has 0 aromatic heterocycles. The largest absolute Gasteiger partial charge is 0.506 e. The Labute approximate surface area is 151 Å². The maximum atomic E-state index is 12.4. The summed E-state index contributed by atoms with van der Waals surface area (Å²) < 4.78 is 49.6. The second-order valence-corrected chi connectivity index (χ2v) is 8.98. The van der Waals surface area contributed by atoms with Crippen molar-refractivity contribution >= 4 is 43.0 Å². The highest BCUT2D eigenvalue weighted by atomic mass is 32.2. The van der Waals surface area contributed by atoms with Crippen LogP contribution in [0.5, 0.6) is 5.75 Å². The Morgan fingerprint density at radius 1 is 0.885 bits per heavy atom. The summed E-state index contributed by atoms with van der Waals surface area (Å²) in [6, 6.07) is 9.85. The van der Waals surface area contributed by atoms with Crippen molar-refractivity contribution < 1.29 is 26.7 Å². The molecule has 4 N–H and O–H groups in total. The summed E-state index contributed by atoms with van der Waals surface area (Å²) in [6.07, 6.45) is 1.90. The highest BCUT2D eigenvalue weighted by Crippen LogP contribution is 2.28. The number of phenols is 1. The van der Waals surface area contributed by atoms with Gasteiger partial charge in [0.25, 0.3) is 5.91 Å². The second-order valence-electron chi connectivity index (χ2n) is 5.48. The zero-order valence-corrected chi connectivity index (χ0v) is 15.5. The number of phenolic OH excluding ortho intramolecular Hbond substituents is 1. The fraction of sp³-hybridized carbons (Fsp3) is 0.133. The van der Waals surface area contributed by atoms with E-state index in [2.05, 4.69) is 14.8 Å². The maximum absolute atomic E-state index is 12.4. The molecule has 26 heavy (non-hydrogen) atoms. The zero-order valence-electron chi connectivity index (χ0n) is 13.8. The van der Waals surface area contributed by atoms with Gasteiger partial charge in [-0.1, -0.05) is 12.1 Å². The van der Waals surface area contributed by atoms with Gasteiger partial charge >= 0.3 is 0 Å². The van der Waals surface area contributed by atoms with Crippen LogP contribution < -0.4 is 14.8 Å². The number of sulfonamides is 2. The average molecular weight is 399 g/mol. The fourth-order valence-electron chi connectivity index (χ4n) is 2.06. The van der Waals surface area contributed by atoms with Gasteiger partial charge in [0.05, 0.1) is 29.4 Å². The normalized spacial score (nSPS) is 11.6. The number of carbonyl (C=O) groups is 1. The van der Waals surface area contributed by atoms with Crippen LogP contribution >= 0.6 is 0 Å². The summed E-state index contributed by atoms with van der Waals surface area (Å²) >= 11 is 0. The van der Waals surface area contributed by atoms with E-state index < -0.39 is 26.0 Å². The topological polar surface area (TPSA) is 142 Å². The van der Waals surface area contributed by atoms with E-state index in [1.54, 1.807) is 12.1 Å². The zero-order chi connectivity index (χ0) is 19.5. The first-order chi connectivity index (χ1) is 11.9. The molecule has 1 amide bonds. The summed E-state index contributed by atoms with van der Waals surface area (Å²) in [4.78, 5) is 12.4. The quantitative estimate of drug-likeness (QED) is 0.541. The number of hydrogen-bond acceptors (Lipinski definition) is 6. The van der Waals surface area contributed by atoms with Crippen LogP contribution in [-0.4, -0.2) is 40.4 Å². The number of anilines is 3. The van der Waals surface area contributed by atoms with E-state index in [1.165, 1.54) is 24.3 Å². The first kappa shape index (κ1) is 19.5. The van der Waals surface area contributed by atoms with Crippen LogP contribution in [0.15, 0.2) is 42.5 Å². The predicted molar refractivity (Wildman–Crippen MR) is 99.4 cm³/mol. The van der Waals surface area contributed by atoms with Gasteiger partial charge in [0, 0.05) is 11.8 Å². The van der Waals surface area contributed by atoms with E-state index in [4.69, 9.17) is 0 Å². The van der Waals surface area contributed by atoms with E-state index in [9.17, 15) is 26.7 Å². The van der Waals surface area contributed by atoms with Crippen LogP contribution in [-0.2, 0) is 20.0 Å². The van der Waals surface area contributed by atoms with Crippen molar-refractivity contribution in [3.63, 3.8) is 0 Å². The van der Waals surface area contributed by atoms with Crippen molar-refractivity contribution in [3.8, 4) is 5.75 Å². The molecule has 0 fully saturated rings. The lowest BCUT2D eigenvalue weighted by atomic mass is 10.1. The van der Waals surface area contributed by atoms with Gasteiger partial charge in [-0.05, 0) is 24.3 Å². The molecule has 0 aliphatic heterocycles. The van der Waals surface area contributed by atoms with Crippen molar-refractivity contribution in [3.05, 3.63) is 48.0 Å². The summed E-state index contributed by atoms with van der Waals surface area (Å²) in [5, 5.41) is 12.4. The van der Waals surface area contributed by atoms with Gasteiger partial charge in [0.2, 0.25) is 20.0 Å². The van der Waals surface area contributed by atoms with Crippen molar-refractivity contribution in [1.29, 1.82) is 0 Å². The molecule has 2 rings (SSSR count). The number of benzene rings is 2. The molecule has 0 radical (unpaired) electrons. The van der Waals surface area contributed by atoms with Crippen LogP contribution in [0.1, 0.15) is 10.4 Å². The smallest absolute Gasteiger partial charge is 0.257 e. The van der Waals surface area contributed by atoms with Gasteiger partial charge in [0.1, 0.15) is 5.75 Å². The highest BCUT2D eigenvalue weighted by molar-refractivity contribution is 7.92. The van der Waals surface area contributed by atoms with Gasteiger partial charge in [-0.25, -0.2) is 16.8 Å². The van der Waals surface area contributed by atoms with E-state index in [-0.39, 0.29) is 28.4 Å². The average Bonchev–Trinajstić information content (AvgIpc) is 2.47. The van der Waals surface area contributed by atoms with E-state index in [0.717, 1.165) is 18.6 Å². The van der Waals surface area contributed by atoms with Crippen molar-refractivity contribution in [2.24, 2.45) is 0 Å². The van der Waals surface area contributed by atoms with E-state index in [1.807, 2.05) is 0 Å². The predicted octanol–water partition coefficient (Wildman–Crippen LogP) is 1.39. The van der Waals surface area contributed by atoms with Gasteiger partial charge < -0.3 is 10.4 Å².